The zero-order chi connectivity index (χ0) is 42.1. The van der Waals surface area contributed by atoms with Gasteiger partial charge in [-0.2, -0.15) is 0 Å². The van der Waals surface area contributed by atoms with E-state index in [1.54, 1.807) is 42.5 Å². The number of aliphatic hydroxyl groups is 1. The van der Waals surface area contributed by atoms with Crippen molar-refractivity contribution in [2.45, 2.75) is 36.2 Å². The number of carbonyl (C=O) groups excluding carboxylic acids is 4. The standard InChI is InChI=1S/C47H43N5O9/c1-58-25-26-60-46(57)51-36-22-11-8-19-33(36)47(45(51)56)38(43(54)48-28-37-49-34-20-9-10-21-35(34)50-37)40-44(55)61-41(30-15-6-3-7-16-30)39(29-13-4-2-5-14-29)52(40)42(47)31-17-12-18-32(27-31)59-24-23-53/h2-22,27,38-42,53H,23-26,28H2,1H3,(H,48,54)(H,49,50)/t38-,39-,40-,41+,42+,47-/m0/s1. The molecule has 2 fully saturated rings. The topological polar surface area (TPSA) is 173 Å². The van der Waals surface area contributed by atoms with Gasteiger partial charge in [-0.3, -0.25) is 19.3 Å². The van der Waals surface area contributed by atoms with Crippen LogP contribution >= 0.6 is 0 Å². The number of hydrogen-bond donors (Lipinski definition) is 3. The van der Waals surface area contributed by atoms with Crippen molar-refractivity contribution in [3.8, 4) is 5.75 Å². The molecule has 6 atom stereocenters. The van der Waals surface area contributed by atoms with Crippen molar-refractivity contribution >= 4 is 40.6 Å². The van der Waals surface area contributed by atoms with Crippen LogP contribution < -0.4 is 15.0 Å². The lowest BCUT2D eigenvalue weighted by Gasteiger charge is -2.46. The maximum atomic E-state index is 16.0. The molecule has 0 saturated carbocycles. The number of ether oxygens (including phenoxy) is 4. The van der Waals surface area contributed by atoms with E-state index in [1.165, 1.54) is 7.11 Å². The van der Waals surface area contributed by atoms with Gasteiger partial charge in [-0.1, -0.05) is 103 Å². The molecule has 6 aromatic rings. The van der Waals surface area contributed by atoms with Crippen LogP contribution in [0.2, 0.25) is 0 Å². The third-order valence-corrected chi connectivity index (χ3v) is 11.7. The molecule has 3 amide bonds. The number of cyclic esters (lactones) is 1. The first-order valence-electron chi connectivity index (χ1n) is 20.1. The Morgan fingerprint density at radius 3 is 2.28 bits per heavy atom. The SMILES string of the molecule is COCCOC(=O)N1C(=O)[C@@]2(c3ccccc31)[C@H](C(=O)NCc1nc3ccccc3[nH]1)[C@H]1C(=O)O[C@H](c3ccccc3)[C@H](c3ccccc3)N1[C@@H]2c1cccc(OCCO)c1. The number of amides is 3. The molecule has 3 aliphatic rings. The Kier molecular flexibility index (Phi) is 10.8. The Hall–Kier alpha value is -6.87. The lowest BCUT2D eigenvalue weighted by atomic mass is 9.65. The molecule has 2 saturated heterocycles. The molecule has 0 unspecified atom stereocenters. The molecule has 9 rings (SSSR count). The maximum absolute atomic E-state index is 16.0. The number of aromatic nitrogens is 2. The fourth-order valence-corrected chi connectivity index (χ4v) is 9.43. The van der Waals surface area contributed by atoms with E-state index in [0.29, 0.717) is 33.8 Å². The summed E-state index contributed by atoms with van der Waals surface area (Å²) in [4.78, 5) is 71.6. The van der Waals surface area contributed by atoms with Crippen LogP contribution in [0.3, 0.4) is 0 Å². The van der Waals surface area contributed by atoms with E-state index < -0.39 is 59.4 Å². The van der Waals surface area contributed by atoms with Crippen LogP contribution in [0.15, 0.2) is 133 Å². The number of aromatic amines is 1. The number of esters is 1. The monoisotopic (exact) mass is 821 g/mol. The van der Waals surface area contributed by atoms with Gasteiger partial charge in [0.25, 0.3) is 0 Å². The Morgan fingerprint density at radius 2 is 1.52 bits per heavy atom. The van der Waals surface area contributed by atoms with Crippen molar-refractivity contribution in [3.05, 3.63) is 162 Å². The lowest BCUT2D eigenvalue weighted by Crippen LogP contribution is -2.55. The molecule has 1 aromatic heterocycles. The summed E-state index contributed by atoms with van der Waals surface area (Å²) in [7, 11) is 1.47. The molecule has 4 heterocycles. The second-order valence-electron chi connectivity index (χ2n) is 15.1. The summed E-state index contributed by atoms with van der Waals surface area (Å²) < 4.78 is 23.2. The third kappa shape index (κ3) is 6.78. The van der Waals surface area contributed by atoms with Gasteiger partial charge in [-0.15, -0.1) is 0 Å². The number of hydrogen-bond acceptors (Lipinski definition) is 11. The number of nitrogens with zero attached hydrogens (tertiary/aromatic N) is 3. The van der Waals surface area contributed by atoms with Crippen LogP contribution in [0.4, 0.5) is 10.5 Å². The summed E-state index contributed by atoms with van der Waals surface area (Å²) >= 11 is 0. The van der Waals surface area contributed by atoms with Crippen molar-refractivity contribution in [1.29, 1.82) is 0 Å². The van der Waals surface area contributed by atoms with Gasteiger partial charge in [0.05, 0.1) is 54.5 Å². The lowest BCUT2D eigenvalue weighted by molar-refractivity contribution is -0.178. The Bertz CT molecular complexity index is 2550. The first kappa shape index (κ1) is 39.6. The minimum atomic E-state index is -1.95. The Labute approximate surface area is 351 Å². The number of aliphatic hydroxyl groups excluding tert-OH is 1. The van der Waals surface area contributed by atoms with E-state index >= 15 is 14.4 Å². The van der Waals surface area contributed by atoms with Crippen LogP contribution in [0.25, 0.3) is 11.0 Å². The van der Waals surface area contributed by atoms with Crippen molar-refractivity contribution in [3.63, 3.8) is 0 Å². The highest BCUT2D eigenvalue weighted by molar-refractivity contribution is 6.23. The normalized spacial score (nSPS) is 23.1. The number of fused-ring (bicyclic) bond motifs is 4. The summed E-state index contributed by atoms with van der Waals surface area (Å²) in [5.74, 6) is -2.73. The third-order valence-electron chi connectivity index (χ3n) is 11.7. The molecular formula is C47H43N5O9. The molecule has 0 aliphatic carbocycles. The predicted octanol–water partition coefficient (Wildman–Crippen LogP) is 5.70. The Balaban J connectivity index is 1.29. The summed E-state index contributed by atoms with van der Waals surface area (Å²) in [5.41, 5.74) is 2.08. The first-order chi connectivity index (χ1) is 29.9. The molecule has 3 N–H and O–H groups in total. The van der Waals surface area contributed by atoms with Crippen LogP contribution in [0, 0.1) is 5.92 Å². The van der Waals surface area contributed by atoms with Gasteiger partial charge in [0.2, 0.25) is 11.8 Å². The number of anilines is 1. The summed E-state index contributed by atoms with van der Waals surface area (Å²) in [6.07, 6.45) is -1.85. The van der Waals surface area contributed by atoms with E-state index in [0.717, 1.165) is 16.0 Å². The molecule has 310 valence electrons. The van der Waals surface area contributed by atoms with Gasteiger partial charge in [0, 0.05) is 7.11 Å². The van der Waals surface area contributed by atoms with Crippen molar-refractivity contribution < 1.29 is 43.2 Å². The number of nitrogens with one attached hydrogen (secondary N) is 2. The van der Waals surface area contributed by atoms with Crippen LogP contribution in [0.1, 0.15) is 46.3 Å². The zero-order valence-electron chi connectivity index (χ0n) is 33.2. The number of rotatable bonds is 12. The van der Waals surface area contributed by atoms with E-state index in [9.17, 15) is 9.90 Å². The van der Waals surface area contributed by atoms with E-state index in [1.807, 2.05) is 95.9 Å². The molecule has 0 bridgehead atoms. The fraction of sp³-hybridized carbons (Fsp3) is 0.255. The molecule has 0 radical (unpaired) electrons. The number of morpholine rings is 1. The van der Waals surface area contributed by atoms with Gasteiger partial charge in [-0.25, -0.2) is 14.7 Å². The average Bonchev–Trinajstić information content (AvgIpc) is 3.94. The number of para-hydroxylation sites is 3. The smallest absolute Gasteiger partial charge is 0.421 e. The van der Waals surface area contributed by atoms with Gasteiger partial charge in [0.1, 0.15) is 42.3 Å². The molecule has 61 heavy (non-hydrogen) atoms. The van der Waals surface area contributed by atoms with Gasteiger partial charge in [-0.05, 0) is 52.6 Å². The predicted molar refractivity (Wildman–Crippen MR) is 222 cm³/mol. The van der Waals surface area contributed by atoms with Gasteiger partial charge >= 0.3 is 12.1 Å². The first-order valence-corrected chi connectivity index (χ1v) is 20.1. The highest BCUT2D eigenvalue weighted by Gasteiger charge is 2.75. The number of imidazole rings is 1. The minimum Gasteiger partial charge on any atom is -0.491 e. The van der Waals surface area contributed by atoms with Crippen LogP contribution in [0.5, 0.6) is 5.75 Å². The number of benzene rings is 5. The summed E-state index contributed by atoms with van der Waals surface area (Å²) in [5, 5.41) is 12.7. The van der Waals surface area contributed by atoms with E-state index in [4.69, 9.17) is 18.9 Å². The molecular weight excluding hydrogens is 779 g/mol. The van der Waals surface area contributed by atoms with Crippen molar-refractivity contribution in [1.82, 2.24) is 20.2 Å². The molecule has 3 aliphatic heterocycles. The molecule has 14 heteroatoms. The highest BCUT2D eigenvalue weighted by Crippen LogP contribution is 2.66. The minimum absolute atomic E-state index is 0.00364. The van der Waals surface area contributed by atoms with E-state index in [-0.39, 0.29) is 38.7 Å². The quantitative estimate of drug-likeness (QED) is 0.102. The second-order valence-corrected chi connectivity index (χ2v) is 15.1. The number of imide groups is 1. The number of carbonyl (C=O) groups is 4. The van der Waals surface area contributed by atoms with E-state index in [2.05, 4.69) is 15.3 Å². The largest absolute Gasteiger partial charge is 0.491 e. The van der Waals surface area contributed by atoms with Crippen molar-refractivity contribution in [2.75, 3.05) is 38.4 Å². The van der Waals surface area contributed by atoms with Crippen LogP contribution in [-0.4, -0.2) is 83.4 Å². The number of methoxy groups -OCH3 is 1. The maximum Gasteiger partial charge on any atom is 0.421 e. The zero-order valence-corrected chi connectivity index (χ0v) is 33.2. The fourth-order valence-electron chi connectivity index (χ4n) is 9.43. The molecule has 14 nitrogen and oxygen atoms in total. The van der Waals surface area contributed by atoms with Crippen molar-refractivity contribution in [2.24, 2.45) is 5.92 Å². The van der Waals surface area contributed by atoms with Crippen LogP contribution in [-0.2, 0) is 40.6 Å². The Morgan fingerprint density at radius 1 is 0.820 bits per heavy atom. The van der Waals surface area contributed by atoms with Gasteiger partial charge in [0.15, 0.2) is 0 Å². The summed E-state index contributed by atoms with van der Waals surface area (Å²) in [6, 6.07) is 37.0. The number of H-pyrrole nitrogens is 1. The summed E-state index contributed by atoms with van der Waals surface area (Å²) in [6.45, 7) is -0.371. The van der Waals surface area contributed by atoms with Gasteiger partial charge < -0.3 is 34.4 Å². The highest BCUT2D eigenvalue weighted by atomic mass is 16.6. The second kappa shape index (κ2) is 16.6. The molecule has 1 spiro atoms. The molecule has 5 aromatic carbocycles. The average molecular weight is 822 g/mol.